The second-order valence-corrected chi connectivity index (χ2v) is 5.28. The molecule has 0 fully saturated rings. The zero-order valence-electron chi connectivity index (χ0n) is 12.4. The van der Waals surface area contributed by atoms with E-state index in [0.29, 0.717) is 12.1 Å². The van der Waals surface area contributed by atoms with E-state index in [-0.39, 0.29) is 18.7 Å². The topological polar surface area (TPSA) is 82.3 Å². The van der Waals surface area contributed by atoms with Gasteiger partial charge in [0.05, 0.1) is 6.61 Å². The minimum absolute atomic E-state index is 0.160. The van der Waals surface area contributed by atoms with Gasteiger partial charge in [0.25, 0.3) is 0 Å². The second-order valence-electron chi connectivity index (χ2n) is 5.28. The maximum atomic E-state index is 8.91. The zero-order chi connectivity index (χ0) is 14.0. The van der Waals surface area contributed by atoms with E-state index in [9.17, 15) is 0 Å². The molecule has 6 N–H and O–H groups in total. The molecule has 0 aromatic carbocycles. The van der Waals surface area contributed by atoms with Crippen molar-refractivity contribution < 1.29 is 5.11 Å². The van der Waals surface area contributed by atoms with Crippen molar-refractivity contribution in [2.75, 3.05) is 26.2 Å². The SMILES string of the molecule is CCC(N)CNC(C)CNC(C)CNC(C)CO. The molecule has 5 nitrogen and oxygen atoms in total. The molecule has 0 aliphatic carbocycles. The third-order valence-electron chi connectivity index (χ3n) is 3.07. The Bertz CT molecular complexity index is 172. The maximum absolute atomic E-state index is 8.91. The molecule has 0 bridgehead atoms. The summed E-state index contributed by atoms with van der Waals surface area (Å²) in [5.41, 5.74) is 5.86. The van der Waals surface area contributed by atoms with Crippen LogP contribution in [0, 0.1) is 0 Å². The first-order chi connectivity index (χ1) is 8.49. The summed E-state index contributed by atoms with van der Waals surface area (Å²) in [4.78, 5) is 0. The Balaban J connectivity index is 3.55. The molecule has 0 rings (SSSR count). The molecule has 0 aromatic heterocycles. The van der Waals surface area contributed by atoms with Crippen molar-refractivity contribution in [2.45, 2.75) is 58.3 Å². The lowest BCUT2D eigenvalue weighted by Gasteiger charge is -2.21. The van der Waals surface area contributed by atoms with Crippen molar-refractivity contribution in [2.24, 2.45) is 5.73 Å². The van der Waals surface area contributed by atoms with E-state index in [1.54, 1.807) is 0 Å². The number of nitrogens with two attached hydrogens (primary N) is 1. The summed E-state index contributed by atoms with van der Waals surface area (Å²) < 4.78 is 0. The van der Waals surface area contributed by atoms with Crippen molar-refractivity contribution in [3.8, 4) is 0 Å². The van der Waals surface area contributed by atoms with Gasteiger partial charge in [-0.3, -0.25) is 0 Å². The predicted octanol–water partition coefficient (Wildman–Crippen LogP) is -0.350. The van der Waals surface area contributed by atoms with Crippen LogP contribution in [0.4, 0.5) is 0 Å². The highest BCUT2D eigenvalue weighted by Gasteiger charge is 2.07. The monoisotopic (exact) mass is 260 g/mol. The van der Waals surface area contributed by atoms with Crippen LogP contribution in [-0.2, 0) is 0 Å². The summed E-state index contributed by atoms with van der Waals surface area (Å²) in [5.74, 6) is 0. The van der Waals surface area contributed by atoms with Gasteiger partial charge in [0, 0.05) is 43.8 Å². The summed E-state index contributed by atoms with van der Waals surface area (Å²) in [6.45, 7) is 11.2. The Hall–Kier alpha value is -0.200. The van der Waals surface area contributed by atoms with Crippen LogP contribution >= 0.6 is 0 Å². The van der Waals surface area contributed by atoms with E-state index in [2.05, 4.69) is 36.7 Å². The lowest BCUT2D eigenvalue weighted by molar-refractivity contribution is 0.248. The molecule has 4 atom stereocenters. The predicted molar refractivity (Wildman–Crippen MR) is 77.7 cm³/mol. The Morgan fingerprint density at radius 3 is 1.78 bits per heavy atom. The lowest BCUT2D eigenvalue weighted by Crippen LogP contribution is -2.47. The molecule has 0 aromatic rings. The molecule has 0 spiro atoms. The van der Waals surface area contributed by atoms with Gasteiger partial charge < -0.3 is 26.8 Å². The van der Waals surface area contributed by atoms with Crippen molar-refractivity contribution in [1.82, 2.24) is 16.0 Å². The summed E-state index contributed by atoms with van der Waals surface area (Å²) in [5, 5.41) is 19.0. The zero-order valence-corrected chi connectivity index (χ0v) is 12.4. The van der Waals surface area contributed by atoms with Gasteiger partial charge in [0.15, 0.2) is 0 Å². The Morgan fingerprint density at radius 2 is 1.33 bits per heavy atom. The van der Waals surface area contributed by atoms with E-state index < -0.39 is 0 Å². The van der Waals surface area contributed by atoms with Gasteiger partial charge in [0.2, 0.25) is 0 Å². The minimum atomic E-state index is 0.160. The van der Waals surface area contributed by atoms with E-state index in [4.69, 9.17) is 10.8 Å². The van der Waals surface area contributed by atoms with E-state index >= 15 is 0 Å². The van der Waals surface area contributed by atoms with E-state index in [1.807, 2.05) is 6.92 Å². The molecular weight excluding hydrogens is 228 g/mol. The standard InChI is InChI=1S/C13H32N4O/c1-5-13(14)8-17-11(3)6-15-10(2)7-16-12(4)9-18/h10-13,15-18H,5-9,14H2,1-4H3. The van der Waals surface area contributed by atoms with Crippen molar-refractivity contribution in [1.29, 1.82) is 0 Å². The average molecular weight is 260 g/mol. The van der Waals surface area contributed by atoms with E-state index in [1.165, 1.54) is 0 Å². The molecule has 0 heterocycles. The fraction of sp³-hybridized carbons (Fsp3) is 1.00. The molecule has 0 radical (unpaired) electrons. The molecule has 5 heteroatoms. The molecule has 110 valence electrons. The highest BCUT2D eigenvalue weighted by Crippen LogP contribution is 1.88. The maximum Gasteiger partial charge on any atom is 0.0581 e. The number of nitrogens with one attached hydrogen (secondary N) is 3. The second kappa shape index (κ2) is 10.7. The van der Waals surface area contributed by atoms with Gasteiger partial charge >= 0.3 is 0 Å². The van der Waals surface area contributed by atoms with Crippen LogP contribution in [0.5, 0.6) is 0 Å². The fourth-order valence-electron chi connectivity index (χ4n) is 1.46. The van der Waals surface area contributed by atoms with Gasteiger partial charge in [-0.2, -0.15) is 0 Å². The summed E-state index contributed by atoms with van der Waals surface area (Å²) in [6.07, 6.45) is 1.01. The fourth-order valence-corrected chi connectivity index (χ4v) is 1.46. The first kappa shape index (κ1) is 17.8. The van der Waals surface area contributed by atoms with E-state index in [0.717, 1.165) is 26.1 Å². The Morgan fingerprint density at radius 1 is 0.889 bits per heavy atom. The number of rotatable bonds is 11. The van der Waals surface area contributed by atoms with Crippen LogP contribution in [0.1, 0.15) is 34.1 Å². The summed E-state index contributed by atoms with van der Waals surface area (Å²) in [6, 6.07) is 1.22. The smallest absolute Gasteiger partial charge is 0.0581 e. The van der Waals surface area contributed by atoms with Gasteiger partial charge in [0.1, 0.15) is 0 Å². The lowest BCUT2D eigenvalue weighted by atomic mass is 10.2. The highest BCUT2D eigenvalue weighted by molar-refractivity contribution is 4.73. The molecule has 0 amide bonds. The van der Waals surface area contributed by atoms with Crippen LogP contribution in [0.25, 0.3) is 0 Å². The molecule has 4 unspecified atom stereocenters. The van der Waals surface area contributed by atoms with Crippen molar-refractivity contribution in [3.05, 3.63) is 0 Å². The van der Waals surface area contributed by atoms with Gasteiger partial charge in [-0.05, 0) is 27.2 Å². The normalized spacial score (nSPS) is 18.3. The molecule has 0 saturated carbocycles. The Kier molecular flexibility index (Phi) is 10.6. The molecular formula is C13H32N4O. The third kappa shape index (κ3) is 9.79. The Labute approximate surface area is 112 Å². The number of hydrogen-bond acceptors (Lipinski definition) is 5. The van der Waals surface area contributed by atoms with Crippen LogP contribution < -0.4 is 21.7 Å². The van der Waals surface area contributed by atoms with Crippen molar-refractivity contribution >= 4 is 0 Å². The first-order valence-electron chi connectivity index (χ1n) is 7.06. The van der Waals surface area contributed by atoms with Gasteiger partial charge in [-0.15, -0.1) is 0 Å². The van der Waals surface area contributed by atoms with Crippen LogP contribution in [-0.4, -0.2) is 55.5 Å². The molecule has 18 heavy (non-hydrogen) atoms. The number of hydrogen-bond donors (Lipinski definition) is 5. The number of aliphatic hydroxyl groups excluding tert-OH is 1. The average Bonchev–Trinajstić information content (AvgIpc) is 2.39. The molecule has 0 aliphatic rings. The first-order valence-corrected chi connectivity index (χ1v) is 7.06. The number of aliphatic hydroxyl groups is 1. The van der Waals surface area contributed by atoms with Crippen LogP contribution in [0.2, 0.25) is 0 Å². The quantitative estimate of drug-likeness (QED) is 0.351. The molecule has 0 saturated heterocycles. The van der Waals surface area contributed by atoms with Gasteiger partial charge in [-0.1, -0.05) is 6.92 Å². The summed E-state index contributed by atoms with van der Waals surface area (Å²) in [7, 11) is 0. The summed E-state index contributed by atoms with van der Waals surface area (Å²) >= 11 is 0. The molecule has 0 aliphatic heterocycles. The largest absolute Gasteiger partial charge is 0.395 e. The van der Waals surface area contributed by atoms with Crippen LogP contribution in [0.15, 0.2) is 0 Å². The highest BCUT2D eigenvalue weighted by atomic mass is 16.3. The minimum Gasteiger partial charge on any atom is -0.395 e. The van der Waals surface area contributed by atoms with Crippen molar-refractivity contribution in [3.63, 3.8) is 0 Å². The third-order valence-corrected chi connectivity index (χ3v) is 3.07. The van der Waals surface area contributed by atoms with Crippen LogP contribution in [0.3, 0.4) is 0 Å². The van der Waals surface area contributed by atoms with Gasteiger partial charge in [-0.25, -0.2) is 0 Å².